The van der Waals surface area contributed by atoms with Gasteiger partial charge in [-0.25, -0.2) is 0 Å². The van der Waals surface area contributed by atoms with Gasteiger partial charge in [0.15, 0.2) is 0 Å². The van der Waals surface area contributed by atoms with Crippen molar-refractivity contribution in [3.8, 4) is 0 Å². The highest BCUT2D eigenvalue weighted by Crippen LogP contribution is 2.33. The molecule has 2 aromatic rings. The van der Waals surface area contributed by atoms with Crippen LogP contribution < -0.4 is 0 Å². The first kappa shape index (κ1) is 24.9. The van der Waals surface area contributed by atoms with E-state index in [0.717, 1.165) is 9.79 Å². The summed E-state index contributed by atoms with van der Waals surface area (Å²) < 4.78 is 11.1. The van der Waals surface area contributed by atoms with Crippen LogP contribution in [0.15, 0.2) is 58.3 Å². The molecule has 2 aromatic carbocycles. The summed E-state index contributed by atoms with van der Waals surface area (Å²) >= 11 is 2.81. The van der Waals surface area contributed by atoms with E-state index in [2.05, 4.69) is 0 Å². The number of methoxy groups -OCH3 is 2. The smallest absolute Gasteiger partial charge is 0.304 e. The van der Waals surface area contributed by atoms with Crippen molar-refractivity contribution >= 4 is 41.2 Å². The summed E-state index contributed by atoms with van der Waals surface area (Å²) in [5.41, 5.74) is 0.913. The molecule has 0 heterocycles. The zero-order valence-electron chi connectivity index (χ0n) is 17.2. The van der Waals surface area contributed by atoms with Gasteiger partial charge in [-0.05, 0) is 24.3 Å². The third kappa shape index (κ3) is 6.83. The number of hydrogen-bond acceptors (Lipinski definition) is 7. The van der Waals surface area contributed by atoms with E-state index in [-0.39, 0.29) is 18.6 Å². The van der Waals surface area contributed by atoms with E-state index >= 15 is 0 Å². The molecule has 0 aromatic heterocycles. The van der Waals surface area contributed by atoms with Crippen molar-refractivity contribution in [3.05, 3.63) is 59.7 Å². The second-order valence-corrected chi connectivity index (χ2v) is 8.72. The molecule has 31 heavy (non-hydrogen) atoms. The summed E-state index contributed by atoms with van der Waals surface area (Å²) in [4.78, 5) is 36.3. The highest BCUT2D eigenvalue weighted by Gasteiger charge is 2.41. The van der Waals surface area contributed by atoms with Crippen molar-refractivity contribution in [2.75, 3.05) is 25.7 Å². The van der Waals surface area contributed by atoms with Gasteiger partial charge in [0, 0.05) is 46.6 Å². The maximum atomic E-state index is 13.3. The van der Waals surface area contributed by atoms with Crippen LogP contribution in [0.5, 0.6) is 0 Å². The highest BCUT2D eigenvalue weighted by molar-refractivity contribution is 7.99. The van der Waals surface area contributed by atoms with Gasteiger partial charge < -0.3 is 19.7 Å². The van der Waals surface area contributed by atoms with Crippen LogP contribution in [0.3, 0.4) is 0 Å². The Bertz CT molecular complexity index is 891. The van der Waals surface area contributed by atoms with E-state index in [1.54, 1.807) is 48.5 Å². The van der Waals surface area contributed by atoms with Crippen LogP contribution in [-0.4, -0.2) is 53.7 Å². The molecule has 0 saturated heterocycles. The van der Waals surface area contributed by atoms with Crippen LogP contribution in [0.2, 0.25) is 0 Å². The molecular formula is C22H24O7S2. The van der Waals surface area contributed by atoms with E-state index in [4.69, 9.17) is 19.7 Å². The Morgan fingerprint density at radius 1 is 0.774 bits per heavy atom. The lowest BCUT2D eigenvalue weighted by Gasteiger charge is -2.30. The van der Waals surface area contributed by atoms with Crippen molar-refractivity contribution in [2.24, 2.45) is 0 Å². The fourth-order valence-electron chi connectivity index (χ4n) is 2.81. The molecule has 0 aliphatic carbocycles. The number of ether oxygens (including phenoxy) is 2. The number of thioether (sulfide) groups is 2. The molecule has 0 atom stereocenters. The van der Waals surface area contributed by atoms with Crippen molar-refractivity contribution in [2.45, 2.75) is 28.4 Å². The van der Waals surface area contributed by atoms with E-state index in [9.17, 15) is 14.4 Å². The van der Waals surface area contributed by atoms with Crippen molar-refractivity contribution < 1.29 is 34.1 Å². The van der Waals surface area contributed by atoms with Gasteiger partial charge in [-0.1, -0.05) is 24.3 Å². The number of Topliss-reactive ketones (excluding diaryl/α,β-unsaturated/α-hetero) is 1. The number of carbonyl (C=O) groups excluding carboxylic acids is 1. The van der Waals surface area contributed by atoms with Gasteiger partial charge in [-0.2, -0.15) is 0 Å². The second-order valence-electron chi connectivity index (χ2n) is 6.39. The first-order chi connectivity index (χ1) is 14.8. The number of ketones is 1. The van der Waals surface area contributed by atoms with Crippen LogP contribution in [0.25, 0.3) is 0 Å². The van der Waals surface area contributed by atoms with E-state index in [0.29, 0.717) is 22.6 Å². The molecule has 0 aliphatic heterocycles. The molecule has 166 valence electrons. The van der Waals surface area contributed by atoms with Crippen LogP contribution in [0.4, 0.5) is 0 Å². The molecule has 2 N–H and O–H groups in total. The fourth-order valence-corrected chi connectivity index (χ4v) is 4.49. The predicted molar refractivity (Wildman–Crippen MR) is 119 cm³/mol. The van der Waals surface area contributed by atoms with Gasteiger partial charge in [-0.3, -0.25) is 14.4 Å². The maximum absolute atomic E-state index is 13.3. The molecule has 2 rings (SSSR count). The van der Waals surface area contributed by atoms with Gasteiger partial charge in [0.25, 0.3) is 5.79 Å². The first-order valence-electron chi connectivity index (χ1n) is 9.37. The zero-order valence-corrected chi connectivity index (χ0v) is 18.8. The molecule has 0 unspecified atom stereocenters. The Morgan fingerprint density at radius 2 is 1.19 bits per heavy atom. The lowest BCUT2D eigenvalue weighted by molar-refractivity contribution is -0.176. The average Bonchev–Trinajstić information content (AvgIpc) is 2.76. The normalized spacial score (nSPS) is 11.3. The van der Waals surface area contributed by atoms with Gasteiger partial charge in [-0.15, -0.1) is 23.5 Å². The molecule has 0 radical (unpaired) electrons. The molecule has 0 aliphatic rings. The molecule has 0 amide bonds. The molecule has 7 nitrogen and oxygen atoms in total. The quantitative estimate of drug-likeness (QED) is 0.257. The molecule has 0 spiro atoms. The van der Waals surface area contributed by atoms with E-state index in [1.165, 1.54) is 37.7 Å². The first-order valence-corrected chi connectivity index (χ1v) is 11.3. The van der Waals surface area contributed by atoms with Crippen LogP contribution in [0.1, 0.15) is 28.8 Å². The molecule has 0 fully saturated rings. The number of aliphatic carboxylic acids is 2. The summed E-state index contributed by atoms with van der Waals surface area (Å²) in [5.74, 6) is -2.80. The maximum Gasteiger partial charge on any atom is 0.304 e. The molecular weight excluding hydrogens is 440 g/mol. The van der Waals surface area contributed by atoms with Gasteiger partial charge in [0.2, 0.25) is 5.78 Å². The monoisotopic (exact) mass is 464 g/mol. The van der Waals surface area contributed by atoms with Crippen molar-refractivity contribution in [1.82, 2.24) is 0 Å². The average molecular weight is 465 g/mol. The summed E-state index contributed by atoms with van der Waals surface area (Å²) in [5, 5.41) is 17.5. The Kier molecular flexibility index (Phi) is 9.57. The van der Waals surface area contributed by atoms with Gasteiger partial charge >= 0.3 is 11.9 Å². The number of carbonyl (C=O) groups is 3. The minimum Gasteiger partial charge on any atom is -0.481 e. The Morgan fingerprint density at radius 3 is 1.58 bits per heavy atom. The van der Waals surface area contributed by atoms with E-state index < -0.39 is 17.7 Å². The Labute approximate surface area is 189 Å². The summed E-state index contributed by atoms with van der Waals surface area (Å²) in [7, 11) is 2.79. The van der Waals surface area contributed by atoms with Gasteiger partial charge in [0.05, 0.1) is 12.8 Å². The molecule has 0 saturated carbocycles. The number of carboxylic acids is 2. The Balaban J connectivity index is 2.16. The highest BCUT2D eigenvalue weighted by atomic mass is 32.2. The van der Waals surface area contributed by atoms with Crippen LogP contribution in [0, 0.1) is 0 Å². The van der Waals surface area contributed by atoms with E-state index in [1.807, 2.05) is 0 Å². The van der Waals surface area contributed by atoms with Crippen LogP contribution in [-0.2, 0) is 24.8 Å². The SMILES string of the molecule is COC(OC)(C(=O)c1ccc(SCCC(=O)O)cc1)c1ccc(SCCC(=O)O)cc1. The standard InChI is InChI=1S/C22H24O7S2/c1-28-22(29-2,16-5-9-18(10-6-16)31-14-12-20(25)26)21(27)15-3-7-17(8-4-15)30-13-11-19(23)24/h3-10H,11-14H2,1-2H3,(H,23,24)(H,25,26). The van der Waals surface area contributed by atoms with Crippen molar-refractivity contribution in [1.29, 1.82) is 0 Å². The zero-order chi connectivity index (χ0) is 22.9. The number of hydrogen-bond donors (Lipinski definition) is 2. The summed E-state index contributed by atoms with van der Waals surface area (Å²) in [6.45, 7) is 0. The Hall–Kier alpha value is -2.33. The summed E-state index contributed by atoms with van der Waals surface area (Å²) in [6.07, 6.45) is 0.127. The fraction of sp³-hybridized carbons (Fsp3) is 0.318. The van der Waals surface area contributed by atoms with Gasteiger partial charge in [0.1, 0.15) is 0 Å². The minimum absolute atomic E-state index is 0.0619. The third-order valence-corrected chi connectivity index (χ3v) is 6.42. The van der Waals surface area contributed by atoms with Crippen molar-refractivity contribution in [3.63, 3.8) is 0 Å². The predicted octanol–water partition coefficient (Wildman–Crippen LogP) is 4.15. The number of carboxylic acid groups (broad SMARTS) is 2. The van der Waals surface area contributed by atoms with Crippen LogP contribution >= 0.6 is 23.5 Å². The molecule has 9 heteroatoms. The summed E-state index contributed by atoms with van der Waals surface area (Å²) in [6, 6.07) is 13.9. The third-order valence-electron chi connectivity index (χ3n) is 4.39. The second kappa shape index (κ2) is 11.9. The lowest BCUT2D eigenvalue weighted by atomic mass is 9.96. The topological polar surface area (TPSA) is 110 Å². The lowest BCUT2D eigenvalue weighted by Crippen LogP contribution is -2.40. The number of benzene rings is 2. The number of rotatable bonds is 13. The molecule has 0 bridgehead atoms. The minimum atomic E-state index is -1.62. The largest absolute Gasteiger partial charge is 0.481 e.